The maximum Gasteiger partial charge on any atom is 0.261 e. The van der Waals surface area contributed by atoms with Crippen molar-refractivity contribution in [2.24, 2.45) is 0 Å². The SMILES string of the molecule is O=C(NCCCn1ccc2ccccc21)c1cccc(S(=O)(=O)Nc2ccc(F)cc2)c1. The van der Waals surface area contributed by atoms with Gasteiger partial charge in [0.25, 0.3) is 15.9 Å². The number of nitrogens with zero attached hydrogens (tertiary/aromatic N) is 1. The molecule has 0 aliphatic carbocycles. The molecule has 0 aliphatic heterocycles. The number of rotatable bonds is 8. The van der Waals surface area contributed by atoms with Gasteiger partial charge in [0.15, 0.2) is 0 Å². The second-order valence-electron chi connectivity index (χ2n) is 7.32. The first-order chi connectivity index (χ1) is 15.4. The van der Waals surface area contributed by atoms with Crippen molar-refractivity contribution >= 4 is 32.5 Å². The van der Waals surface area contributed by atoms with Crippen LogP contribution < -0.4 is 10.0 Å². The summed E-state index contributed by atoms with van der Waals surface area (Å²) in [6.45, 7) is 1.21. The zero-order valence-corrected chi connectivity index (χ0v) is 18.0. The predicted molar refractivity (Wildman–Crippen MR) is 123 cm³/mol. The van der Waals surface area contributed by atoms with Crippen molar-refractivity contribution in [3.05, 3.63) is 96.4 Å². The molecule has 0 saturated carbocycles. The summed E-state index contributed by atoms with van der Waals surface area (Å²) in [5.41, 5.74) is 1.63. The minimum Gasteiger partial charge on any atom is -0.352 e. The molecule has 0 fully saturated rings. The molecule has 0 unspecified atom stereocenters. The number of hydrogen-bond acceptors (Lipinski definition) is 3. The van der Waals surface area contributed by atoms with Crippen LogP contribution in [0.5, 0.6) is 0 Å². The summed E-state index contributed by atoms with van der Waals surface area (Å²) in [5, 5.41) is 4.01. The molecule has 0 radical (unpaired) electrons. The van der Waals surface area contributed by atoms with E-state index in [0.29, 0.717) is 6.54 Å². The monoisotopic (exact) mass is 451 g/mol. The smallest absolute Gasteiger partial charge is 0.261 e. The molecule has 164 valence electrons. The molecule has 4 rings (SSSR count). The molecule has 0 atom stereocenters. The van der Waals surface area contributed by atoms with Crippen LogP contribution in [-0.2, 0) is 16.6 Å². The number of hydrogen-bond donors (Lipinski definition) is 2. The fourth-order valence-electron chi connectivity index (χ4n) is 3.43. The van der Waals surface area contributed by atoms with Gasteiger partial charge < -0.3 is 9.88 Å². The lowest BCUT2D eigenvalue weighted by Gasteiger charge is -2.10. The maximum absolute atomic E-state index is 13.0. The van der Waals surface area contributed by atoms with Crippen molar-refractivity contribution in [2.45, 2.75) is 17.9 Å². The van der Waals surface area contributed by atoms with Crippen molar-refractivity contribution in [3.63, 3.8) is 0 Å². The number of anilines is 1. The van der Waals surface area contributed by atoms with Crippen molar-refractivity contribution in [2.75, 3.05) is 11.3 Å². The minimum absolute atomic E-state index is 0.0479. The molecule has 0 bridgehead atoms. The normalized spacial score (nSPS) is 11.4. The van der Waals surface area contributed by atoms with E-state index >= 15 is 0 Å². The van der Waals surface area contributed by atoms with Gasteiger partial charge in [-0.1, -0.05) is 24.3 Å². The molecule has 3 aromatic carbocycles. The van der Waals surface area contributed by atoms with E-state index in [1.54, 1.807) is 6.07 Å². The van der Waals surface area contributed by atoms with Crippen LogP contribution in [0.1, 0.15) is 16.8 Å². The summed E-state index contributed by atoms with van der Waals surface area (Å²) in [4.78, 5) is 12.5. The Morgan fingerprint density at radius 2 is 1.72 bits per heavy atom. The first-order valence-electron chi connectivity index (χ1n) is 10.1. The van der Waals surface area contributed by atoms with E-state index in [1.165, 1.54) is 35.7 Å². The van der Waals surface area contributed by atoms with Crippen molar-refractivity contribution in [1.29, 1.82) is 0 Å². The molecule has 1 amide bonds. The lowest BCUT2D eigenvalue weighted by Crippen LogP contribution is -2.25. The number of aromatic nitrogens is 1. The Labute approximate surface area is 185 Å². The number of aryl methyl sites for hydroxylation is 1. The van der Waals surface area contributed by atoms with Gasteiger partial charge >= 0.3 is 0 Å². The number of amides is 1. The van der Waals surface area contributed by atoms with Crippen LogP contribution in [0.3, 0.4) is 0 Å². The number of halogens is 1. The molecular weight excluding hydrogens is 429 g/mol. The standard InChI is InChI=1S/C24H22FN3O3S/c25-20-9-11-21(12-10-20)27-32(30,31)22-7-3-6-19(17-22)24(29)26-14-4-15-28-16-13-18-5-1-2-8-23(18)28/h1-3,5-13,16-17,27H,4,14-15H2,(H,26,29). The van der Waals surface area contributed by atoms with E-state index in [4.69, 9.17) is 0 Å². The number of fused-ring (bicyclic) bond motifs is 1. The highest BCUT2D eigenvalue weighted by molar-refractivity contribution is 7.92. The number of nitrogens with one attached hydrogen (secondary N) is 2. The molecule has 1 heterocycles. The zero-order chi connectivity index (χ0) is 22.6. The van der Waals surface area contributed by atoms with Crippen LogP contribution in [0.4, 0.5) is 10.1 Å². The van der Waals surface area contributed by atoms with Crippen molar-refractivity contribution in [3.8, 4) is 0 Å². The van der Waals surface area contributed by atoms with Crippen molar-refractivity contribution in [1.82, 2.24) is 9.88 Å². The van der Waals surface area contributed by atoms with Gasteiger partial charge in [-0.15, -0.1) is 0 Å². The third kappa shape index (κ3) is 4.97. The Hall–Kier alpha value is -3.65. The van der Waals surface area contributed by atoms with E-state index in [-0.39, 0.29) is 22.1 Å². The van der Waals surface area contributed by atoms with Gasteiger partial charge in [-0.05, 0) is 66.4 Å². The zero-order valence-electron chi connectivity index (χ0n) is 17.2. The van der Waals surface area contributed by atoms with Crippen LogP contribution in [0, 0.1) is 5.82 Å². The average molecular weight is 452 g/mol. The predicted octanol–water partition coefficient (Wildman–Crippen LogP) is 4.40. The Bertz CT molecular complexity index is 1350. The van der Waals surface area contributed by atoms with E-state index < -0.39 is 15.8 Å². The summed E-state index contributed by atoms with van der Waals surface area (Å²) in [6.07, 6.45) is 2.75. The lowest BCUT2D eigenvalue weighted by atomic mass is 10.2. The van der Waals surface area contributed by atoms with Gasteiger partial charge in [-0.25, -0.2) is 12.8 Å². The lowest BCUT2D eigenvalue weighted by molar-refractivity contribution is 0.0952. The molecule has 8 heteroatoms. The summed E-state index contributed by atoms with van der Waals surface area (Å²) in [5.74, 6) is -0.808. The second-order valence-corrected chi connectivity index (χ2v) is 9.00. The topological polar surface area (TPSA) is 80.2 Å². The second kappa shape index (κ2) is 9.23. The fourth-order valence-corrected chi connectivity index (χ4v) is 4.53. The third-order valence-electron chi connectivity index (χ3n) is 5.04. The van der Waals surface area contributed by atoms with E-state index in [1.807, 2.05) is 18.3 Å². The van der Waals surface area contributed by atoms with Crippen LogP contribution in [-0.4, -0.2) is 25.4 Å². The van der Waals surface area contributed by atoms with E-state index in [0.717, 1.165) is 30.6 Å². The Balaban J connectivity index is 1.36. The Morgan fingerprint density at radius 3 is 2.53 bits per heavy atom. The average Bonchev–Trinajstić information content (AvgIpc) is 3.21. The maximum atomic E-state index is 13.0. The minimum atomic E-state index is -3.91. The van der Waals surface area contributed by atoms with Crippen LogP contribution in [0.25, 0.3) is 10.9 Å². The largest absolute Gasteiger partial charge is 0.352 e. The highest BCUT2D eigenvalue weighted by Crippen LogP contribution is 2.18. The summed E-state index contributed by atoms with van der Waals surface area (Å²) >= 11 is 0. The van der Waals surface area contributed by atoms with Gasteiger partial charge in [0.05, 0.1) is 4.90 Å². The summed E-state index contributed by atoms with van der Waals surface area (Å²) < 4.78 is 42.8. The Kier molecular flexibility index (Phi) is 6.23. The molecule has 4 aromatic rings. The molecule has 0 aliphatic rings. The van der Waals surface area contributed by atoms with Crippen LogP contribution >= 0.6 is 0 Å². The number of carbonyl (C=O) groups excluding carboxylic acids is 1. The first-order valence-corrected chi connectivity index (χ1v) is 11.6. The Morgan fingerprint density at radius 1 is 0.938 bits per heavy atom. The molecule has 6 nitrogen and oxygen atoms in total. The van der Waals surface area contributed by atoms with Gasteiger partial charge in [0.1, 0.15) is 5.82 Å². The van der Waals surface area contributed by atoms with Crippen LogP contribution in [0.15, 0.2) is 90.0 Å². The number of para-hydroxylation sites is 1. The van der Waals surface area contributed by atoms with Crippen molar-refractivity contribution < 1.29 is 17.6 Å². The molecule has 0 spiro atoms. The third-order valence-corrected chi connectivity index (χ3v) is 6.42. The molecule has 32 heavy (non-hydrogen) atoms. The molecule has 0 saturated heterocycles. The fraction of sp³-hybridized carbons (Fsp3) is 0.125. The highest BCUT2D eigenvalue weighted by atomic mass is 32.2. The summed E-state index contributed by atoms with van der Waals surface area (Å²) in [7, 11) is -3.91. The number of sulfonamides is 1. The van der Waals surface area contributed by atoms with Gasteiger partial charge in [0.2, 0.25) is 0 Å². The van der Waals surface area contributed by atoms with Gasteiger partial charge in [-0.3, -0.25) is 9.52 Å². The van der Waals surface area contributed by atoms with E-state index in [2.05, 4.69) is 32.8 Å². The summed E-state index contributed by atoms with van der Waals surface area (Å²) in [6, 6.07) is 20.9. The van der Waals surface area contributed by atoms with Crippen LogP contribution in [0.2, 0.25) is 0 Å². The molecule has 1 aromatic heterocycles. The molecular formula is C24H22FN3O3S. The van der Waals surface area contributed by atoms with Gasteiger partial charge in [-0.2, -0.15) is 0 Å². The first kappa shape index (κ1) is 21.6. The highest BCUT2D eigenvalue weighted by Gasteiger charge is 2.16. The van der Waals surface area contributed by atoms with Gasteiger partial charge in [0, 0.05) is 36.1 Å². The number of benzene rings is 3. The quantitative estimate of drug-likeness (QED) is 0.390. The number of carbonyl (C=O) groups is 1. The molecule has 2 N–H and O–H groups in total. The van der Waals surface area contributed by atoms with E-state index in [9.17, 15) is 17.6 Å².